The molecule has 0 aromatic rings. The number of rotatable bonds is 2. The third-order valence-corrected chi connectivity index (χ3v) is 56.8. The van der Waals surface area contributed by atoms with Crippen molar-refractivity contribution < 1.29 is 11.2 Å². The van der Waals surface area contributed by atoms with Crippen molar-refractivity contribution in [3.63, 3.8) is 0 Å². The third-order valence-electron chi connectivity index (χ3n) is 14.9. The van der Waals surface area contributed by atoms with E-state index < -0.39 is 6.51 Å². The van der Waals surface area contributed by atoms with Crippen molar-refractivity contribution in [1.82, 2.24) is 0 Å². The first kappa shape index (κ1) is 4.77. The molecule has 10 saturated heterocycles. The molecular formula is C12H14FeO. The van der Waals surface area contributed by atoms with Crippen LogP contribution in [0.5, 0.6) is 0 Å². The summed E-state index contributed by atoms with van der Waals surface area (Å²) < 4.78 is 7.26. The molecule has 76 valence electrons. The van der Waals surface area contributed by atoms with Crippen molar-refractivity contribution in [3.8, 4) is 0 Å². The van der Waals surface area contributed by atoms with Crippen LogP contribution in [-0.2, 0) is 11.2 Å². The molecular weight excluding hydrogens is 216 g/mol. The van der Waals surface area contributed by atoms with Gasteiger partial charge in [0.1, 0.15) is 0 Å². The fourth-order valence-electron chi connectivity index (χ4n) is 16.6. The first-order valence-electron chi connectivity index (χ1n) is 6.46. The summed E-state index contributed by atoms with van der Waals surface area (Å²) in [5.74, 6) is 0. The average Bonchev–Trinajstić information content (AvgIpc) is 3.14. The first-order valence-corrected chi connectivity index (χ1v) is 12.7. The van der Waals surface area contributed by atoms with Crippen LogP contribution in [0.3, 0.4) is 0 Å². The Labute approximate surface area is 72.9 Å². The molecule has 0 N–H and O–H groups in total. The summed E-state index contributed by atoms with van der Waals surface area (Å²) in [6.45, 7) is 0.540. The van der Waals surface area contributed by atoms with Crippen LogP contribution in [0.1, 0.15) is 6.92 Å². The van der Waals surface area contributed by atoms with E-state index in [9.17, 15) is 0 Å². The number of hydrogen-bond donors (Lipinski definition) is 0. The zero-order chi connectivity index (χ0) is 8.43. The van der Waals surface area contributed by atoms with Crippen LogP contribution < -0.4 is 0 Å². The molecule has 0 saturated carbocycles. The molecule has 4 unspecified atom stereocenters. The normalized spacial score (nSPS) is 142. The Balaban J connectivity index is 1.85. The summed E-state index contributed by atoms with van der Waals surface area (Å²) in [7, 11) is 0. The SMILES string of the molecule is CCO[C]12[CH]3[CH]4[CH]5[CH]1[Fe]45321678[CH]2[CH]1[CH]6[CH]7[CH]28. The molecule has 0 radical (unpaired) electrons. The minimum absolute atomic E-state index is 0.744. The third kappa shape index (κ3) is 0.0348. The van der Waals surface area contributed by atoms with Gasteiger partial charge in [0.25, 0.3) is 0 Å². The van der Waals surface area contributed by atoms with E-state index in [-0.39, 0.29) is 0 Å². The van der Waals surface area contributed by atoms with Gasteiger partial charge in [-0.3, -0.25) is 0 Å². The van der Waals surface area contributed by atoms with Crippen LogP contribution in [0.25, 0.3) is 0 Å². The second-order valence-corrected chi connectivity index (χ2v) is 33.6. The summed E-state index contributed by atoms with van der Waals surface area (Å²) in [6.07, 6.45) is 0. The molecule has 1 spiro atoms. The first-order chi connectivity index (χ1) is 6.61. The monoisotopic (exact) mass is 230 g/mol. The van der Waals surface area contributed by atoms with Crippen LogP contribution in [-0.4, -0.2) is 11.1 Å². The zero-order valence-corrected chi connectivity index (χ0v) is 9.27. The molecule has 0 amide bonds. The van der Waals surface area contributed by atoms with Crippen molar-refractivity contribution in [2.75, 3.05) is 6.61 Å². The van der Waals surface area contributed by atoms with E-state index in [1.807, 2.05) is 0 Å². The van der Waals surface area contributed by atoms with Crippen LogP contribution >= 0.6 is 0 Å². The molecule has 0 bridgehead atoms. The quantitative estimate of drug-likeness (QED) is 0.661. The van der Waals surface area contributed by atoms with Gasteiger partial charge in [0, 0.05) is 0 Å². The second kappa shape index (κ2) is 0.324. The van der Waals surface area contributed by atoms with Gasteiger partial charge in [-0.2, -0.15) is 0 Å². The molecule has 0 aromatic carbocycles. The van der Waals surface area contributed by atoms with Gasteiger partial charge in [-0.15, -0.1) is 0 Å². The second-order valence-electron chi connectivity index (χ2n) is 10.0. The van der Waals surface area contributed by atoms with Crippen molar-refractivity contribution >= 4 is 0 Å². The van der Waals surface area contributed by atoms with Gasteiger partial charge < -0.3 is 0 Å². The van der Waals surface area contributed by atoms with Gasteiger partial charge >= 0.3 is 72.6 Å². The summed E-state index contributed by atoms with van der Waals surface area (Å²) in [5, 5.41) is 0. The Hall–Kier alpha value is 0.479. The molecule has 1 nitrogen and oxygen atoms in total. The summed E-state index contributed by atoms with van der Waals surface area (Å²) >= 11 is 0. The van der Waals surface area contributed by atoms with Crippen molar-refractivity contribution in [2.24, 2.45) is 0 Å². The topological polar surface area (TPSA) is 9.23 Å². The number of hydrogen-bond acceptors (Lipinski definition) is 1. The van der Waals surface area contributed by atoms with Crippen molar-refractivity contribution in [2.45, 2.75) is 54.8 Å². The van der Waals surface area contributed by atoms with Crippen molar-refractivity contribution in [3.05, 3.63) is 0 Å². The van der Waals surface area contributed by atoms with Gasteiger partial charge in [-0.05, 0) is 0 Å². The van der Waals surface area contributed by atoms with E-state index in [4.69, 9.17) is 4.74 Å². The molecule has 10 rings (SSSR count). The number of fused-ring (bicyclic) bond motifs is 10. The Bertz CT molecular complexity index is 786. The van der Waals surface area contributed by atoms with E-state index in [1.165, 1.54) is 43.3 Å². The molecule has 4 atom stereocenters. The number of ether oxygens (including phenoxy) is 1. The maximum absolute atomic E-state index is 6.51. The van der Waals surface area contributed by atoms with E-state index in [0.717, 1.165) is 11.1 Å². The Morgan fingerprint density at radius 1 is 0.929 bits per heavy atom. The summed E-state index contributed by atoms with van der Waals surface area (Å²) in [4.78, 5) is 12.8. The predicted octanol–water partition coefficient (Wildman–Crippen LogP) is 3.32. The Morgan fingerprint density at radius 3 is 1.64 bits per heavy atom. The average molecular weight is 230 g/mol. The maximum atomic E-state index is 6.51. The predicted molar refractivity (Wildman–Crippen MR) is 48.1 cm³/mol. The van der Waals surface area contributed by atoms with Crippen LogP contribution in [0.15, 0.2) is 0 Å². The van der Waals surface area contributed by atoms with Gasteiger partial charge in [-0.1, -0.05) is 0 Å². The van der Waals surface area contributed by atoms with E-state index >= 15 is 0 Å². The van der Waals surface area contributed by atoms with Crippen molar-refractivity contribution in [1.29, 1.82) is 0 Å². The van der Waals surface area contributed by atoms with E-state index in [2.05, 4.69) is 6.92 Å². The van der Waals surface area contributed by atoms with Gasteiger partial charge in [-0.25, -0.2) is 0 Å². The van der Waals surface area contributed by atoms with Crippen LogP contribution in [0, 0.1) is 0 Å². The van der Waals surface area contributed by atoms with Crippen LogP contribution in [0.2, 0.25) is 43.3 Å². The Morgan fingerprint density at radius 2 is 1.43 bits per heavy atom. The molecule has 10 aliphatic rings. The molecule has 10 heterocycles. The molecule has 0 aliphatic carbocycles. The summed E-state index contributed by atoms with van der Waals surface area (Å²) in [6, 6.07) is 0. The molecule has 14 heavy (non-hydrogen) atoms. The van der Waals surface area contributed by atoms with Gasteiger partial charge in [0.2, 0.25) is 0 Å². The zero-order valence-electron chi connectivity index (χ0n) is 8.17. The molecule has 0 aromatic heterocycles. The standard InChI is InChI=1S/C7H9O.C5H5.Fe/c1-2-8-7-5-3-4-6-7;1-2-4-5-3-1;/h3-6H,2H2,1H3;1-5H;. The van der Waals surface area contributed by atoms with Gasteiger partial charge in [0.15, 0.2) is 0 Å². The van der Waals surface area contributed by atoms with Crippen LogP contribution in [0.4, 0.5) is 0 Å². The van der Waals surface area contributed by atoms with Gasteiger partial charge in [0.05, 0.1) is 0 Å². The van der Waals surface area contributed by atoms with E-state index in [0.29, 0.717) is 0 Å². The Kier molecular flexibility index (Phi) is 0.110. The summed E-state index contributed by atoms with van der Waals surface area (Å²) in [5.41, 5.74) is 0. The van der Waals surface area contributed by atoms with E-state index in [1.54, 1.807) is 0 Å². The fourth-order valence-corrected chi connectivity index (χ4v) is 89.2. The minimum atomic E-state index is -2.76. The molecule has 10 aliphatic heterocycles. The fraction of sp³-hybridized carbons (Fsp3) is 1.00. The molecule has 10 fully saturated rings. The molecule has 2 heteroatoms.